The summed E-state index contributed by atoms with van der Waals surface area (Å²) in [5.74, 6) is 0. The first-order chi connectivity index (χ1) is 12.0. The van der Waals surface area contributed by atoms with Crippen LogP contribution in [-0.4, -0.2) is 14.2 Å². The van der Waals surface area contributed by atoms with E-state index in [0.29, 0.717) is 5.39 Å². The summed E-state index contributed by atoms with van der Waals surface area (Å²) < 4.78 is 3.59. The average Bonchev–Trinajstić information content (AvgIpc) is 3.04. The van der Waals surface area contributed by atoms with Crippen molar-refractivity contribution in [1.29, 1.82) is 0 Å². The number of aryl methyl sites for hydroxylation is 2. The summed E-state index contributed by atoms with van der Waals surface area (Å²) in [6.45, 7) is 4.08. The van der Waals surface area contributed by atoms with E-state index in [1.165, 1.54) is 0 Å². The lowest BCUT2D eigenvalue weighted by molar-refractivity contribution is 0.846. The van der Waals surface area contributed by atoms with Gasteiger partial charge in [0, 0.05) is 17.4 Å². The number of nitrogens with zero attached hydrogens (tertiary/aromatic N) is 3. The number of hydrogen-bond donors (Lipinski definition) is 0. The summed E-state index contributed by atoms with van der Waals surface area (Å²) in [6, 6.07) is 14.1. The molecule has 0 amide bonds. The molecule has 2 aromatic carbocycles. The maximum Gasteiger partial charge on any atom is 0.261 e. The van der Waals surface area contributed by atoms with Crippen LogP contribution >= 0.6 is 15.9 Å². The highest BCUT2D eigenvalue weighted by Gasteiger charge is 2.19. The van der Waals surface area contributed by atoms with E-state index < -0.39 is 0 Å². The van der Waals surface area contributed by atoms with Crippen LogP contribution in [0.3, 0.4) is 0 Å². The molecule has 126 valence electrons. The van der Waals surface area contributed by atoms with Crippen LogP contribution in [-0.2, 0) is 7.05 Å². The molecule has 0 fully saturated rings. The van der Waals surface area contributed by atoms with E-state index in [1.807, 2.05) is 61.1 Å². The zero-order chi connectivity index (χ0) is 17.7. The number of hydrogen-bond acceptors (Lipinski definition) is 2. The van der Waals surface area contributed by atoms with Crippen molar-refractivity contribution in [3.05, 3.63) is 70.1 Å². The molecule has 5 heteroatoms. The molecule has 2 aromatic heterocycles. The van der Waals surface area contributed by atoms with E-state index in [9.17, 15) is 4.79 Å². The monoisotopic (exact) mass is 395 g/mol. The van der Waals surface area contributed by atoms with E-state index >= 15 is 0 Å². The lowest BCUT2D eigenvalue weighted by atomic mass is 10.0. The second-order valence-electron chi connectivity index (χ2n) is 6.39. The Bertz CT molecular complexity index is 1160. The summed E-state index contributed by atoms with van der Waals surface area (Å²) in [4.78, 5) is 13.2. The third-order valence-corrected chi connectivity index (χ3v) is 5.10. The van der Waals surface area contributed by atoms with Crippen LogP contribution in [0.1, 0.15) is 22.9 Å². The van der Waals surface area contributed by atoms with Crippen LogP contribution in [0.4, 0.5) is 0 Å². The van der Waals surface area contributed by atoms with Gasteiger partial charge in [-0.05, 0) is 36.6 Å². The summed E-state index contributed by atoms with van der Waals surface area (Å²) in [5, 5.41) is 5.33. The molecule has 0 saturated heterocycles. The molecule has 1 atom stereocenters. The molecule has 0 spiro atoms. The number of fused-ring (bicyclic) bond motifs is 3. The van der Waals surface area contributed by atoms with Crippen molar-refractivity contribution in [2.75, 3.05) is 0 Å². The second-order valence-corrected chi connectivity index (χ2v) is 7.76. The Morgan fingerprint density at radius 2 is 1.88 bits per heavy atom. The molecule has 2 heterocycles. The largest absolute Gasteiger partial charge is 0.295 e. The maximum absolute atomic E-state index is 13.1. The zero-order valence-electron chi connectivity index (χ0n) is 14.3. The minimum Gasteiger partial charge on any atom is -0.295 e. The zero-order valence-corrected chi connectivity index (χ0v) is 15.9. The first kappa shape index (κ1) is 16.1. The van der Waals surface area contributed by atoms with Crippen molar-refractivity contribution in [3.8, 4) is 11.1 Å². The Morgan fingerprint density at radius 1 is 1.16 bits per heavy atom. The van der Waals surface area contributed by atoms with Crippen LogP contribution in [0.5, 0.6) is 0 Å². The van der Waals surface area contributed by atoms with Gasteiger partial charge in [-0.3, -0.25) is 9.36 Å². The molecule has 4 rings (SSSR count). The fourth-order valence-electron chi connectivity index (χ4n) is 3.44. The van der Waals surface area contributed by atoms with Gasteiger partial charge in [-0.25, -0.2) is 4.52 Å². The van der Waals surface area contributed by atoms with Gasteiger partial charge in [0.1, 0.15) is 5.65 Å². The molecule has 0 N–H and O–H groups in total. The maximum atomic E-state index is 13.1. The highest BCUT2D eigenvalue weighted by molar-refractivity contribution is 9.09. The van der Waals surface area contributed by atoms with Crippen molar-refractivity contribution in [2.24, 2.45) is 7.05 Å². The molecule has 25 heavy (non-hydrogen) atoms. The standard InChI is InChI=1S/C20H18BrN3O/c1-12-9-15(13(2)21)18-16(10-12)20(25)23(3)19-17(11-22-24(18)19)14-7-5-4-6-8-14/h4-11,13H,1-3H3. The predicted octanol–water partition coefficient (Wildman–Crippen LogP) is 4.62. The van der Waals surface area contributed by atoms with Gasteiger partial charge in [0.15, 0.2) is 0 Å². The van der Waals surface area contributed by atoms with Crippen LogP contribution in [0.2, 0.25) is 0 Å². The van der Waals surface area contributed by atoms with Crippen molar-refractivity contribution in [2.45, 2.75) is 18.7 Å². The highest BCUT2D eigenvalue weighted by atomic mass is 79.9. The number of benzene rings is 2. The van der Waals surface area contributed by atoms with Crippen molar-refractivity contribution < 1.29 is 0 Å². The average molecular weight is 396 g/mol. The van der Waals surface area contributed by atoms with E-state index in [-0.39, 0.29) is 10.4 Å². The van der Waals surface area contributed by atoms with Gasteiger partial charge >= 0.3 is 0 Å². The van der Waals surface area contributed by atoms with Crippen molar-refractivity contribution in [3.63, 3.8) is 0 Å². The Morgan fingerprint density at radius 3 is 2.56 bits per heavy atom. The number of aromatic nitrogens is 3. The van der Waals surface area contributed by atoms with Gasteiger partial charge in [0.2, 0.25) is 0 Å². The van der Waals surface area contributed by atoms with E-state index in [2.05, 4.69) is 34.0 Å². The van der Waals surface area contributed by atoms with Crippen molar-refractivity contribution >= 4 is 32.5 Å². The number of rotatable bonds is 2. The quantitative estimate of drug-likeness (QED) is 0.464. The topological polar surface area (TPSA) is 39.3 Å². The summed E-state index contributed by atoms with van der Waals surface area (Å²) >= 11 is 3.67. The van der Waals surface area contributed by atoms with Crippen LogP contribution in [0.15, 0.2) is 53.5 Å². The SMILES string of the molecule is Cc1cc(C(C)Br)c2c(c1)c(=O)n(C)c1c(-c3ccccc3)cnn21. The molecule has 0 aliphatic heterocycles. The molecule has 0 radical (unpaired) electrons. The summed E-state index contributed by atoms with van der Waals surface area (Å²) in [5.41, 5.74) is 5.82. The normalized spacial score (nSPS) is 12.8. The Labute approximate surface area is 153 Å². The van der Waals surface area contributed by atoms with Crippen LogP contribution < -0.4 is 5.56 Å². The Kier molecular flexibility index (Phi) is 3.76. The first-order valence-electron chi connectivity index (χ1n) is 8.19. The highest BCUT2D eigenvalue weighted by Crippen LogP contribution is 2.32. The second kappa shape index (κ2) is 5.85. The molecule has 4 aromatic rings. The molecule has 0 aliphatic carbocycles. The van der Waals surface area contributed by atoms with Gasteiger partial charge in [-0.15, -0.1) is 0 Å². The number of halogens is 1. The summed E-state index contributed by atoms with van der Waals surface area (Å²) in [7, 11) is 1.81. The fourth-order valence-corrected chi connectivity index (χ4v) is 3.79. The Hall–Kier alpha value is -2.40. The van der Waals surface area contributed by atoms with E-state index in [4.69, 9.17) is 0 Å². The molecular weight excluding hydrogens is 378 g/mol. The van der Waals surface area contributed by atoms with Gasteiger partial charge in [0.25, 0.3) is 5.56 Å². The van der Waals surface area contributed by atoms with Gasteiger partial charge in [-0.1, -0.05) is 52.3 Å². The minimum absolute atomic E-state index is 0.00159. The first-order valence-corrected chi connectivity index (χ1v) is 9.11. The third-order valence-electron chi connectivity index (χ3n) is 4.61. The molecule has 0 aliphatic rings. The molecule has 0 saturated carbocycles. The van der Waals surface area contributed by atoms with Gasteiger partial charge in [0.05, 0.1) is 17.1 Å². The van der Waals surface area contributed by atoms with Crippen molar-refractivity contribution in [1.82, 2.24) is 14.2 Å². The molecule has 0 bridgehead atoms. The lowest BCUT2D eigenvalue weighted by Crippen LogP contribution is -2.21. The van der Waals surface area contributed by atoms with E-state index in [0.717, 1.165) is 33.4 Å². The molecular formula is C20H18BrN3O. The fraction of sp³-hybridized carbons (Fsp3) is 0.200. The third kappa shape index (κ3) is 2.42. The molecule has 4 nitrogen and oxygen atoms in total. The Balaban J connectivity index is 2.23. The van der Waals surface area contributed by atoms with Gasteiger partial charge in [-0.2, -0.15) is 5.10 Å². The van der Waals surface area contributed by atoms with Crippen LogP contribution in [0.25, 0.3) is 27.7 Å². The number of alkyl halides is 1. The lowest BCUT2D eigenvalue weighted by Gasteiger charge is -2.14. The predicted molar refractivity (Wildman–Crippen MR) is 105 cm³/mol. The summed E-state index contributed by atoms with van der Waals surface area (Å²) in [6.07, 6.45) is 1.84. The van der Waals surface area contributed by atoms with Gasteiger partial charge < -0.3 is 0 Å². The smallest absolute Gasteiger partial charge is 0.261 e. The van der Waals surface area contributed by atoms with Crippen LogP contribution in [0, 0.1) is 6.92 Å². The molecule has 1 unspecified atom stereocenters. The minimum atomic E-state index is -0.00159. The van der Waals surface area contributed by atoms with E-state index in [1.54, 1.807) is 4.57 Å².